The number of piperazine rings is 1. The minimum absolute atomic E-state index is 0.158. The lowest BCUT2D eigenvalue weighted by Crippen LogP contribution is -2.48. The average molecular weight is 407 g/mol. The number of aryl methyl sites for hydroxylation is 3. The van der Waals surface area contributed by atoms with Crippen LogP contribution in [0.5, 0.6) is 0 Å². The Bertz CT molecular complexity index is 1060. The number of amides is 1. The third-order valence-corrected chi connectivity index (χ3v) is 7.32. The number of fused-ring (bicyclic) bond motifs is 3. The first-order valence-electron chi connectivity index (χ1n) is 10.5. The van der Waals surface area contributed by atoms with E-state index >= 15 is 0 Å². The molecule has 6 heteroatoms. The Hall–Kier alpha value is -2.47. The molecular weight excluding hydrogens is 380 g/mol. The van der Waals surface area contributed by atoms with Crippen LogP contribution in [-0.2, 0) is 17.6 Å². The van der Waals surface area contributed by atoms with Gasteiger partial charge in [0.15, 0.2) is 5.82 Å². The van der Waals surface area contributed by atoms with Crippen LogP contribution >= 0.6 is 11.3 Å². The molecule has 5 rings (SSSR count). The second-order valence-corrected chi connectivity index (χ2v) is 9.20. The molecule has 3 heterocycles. The van der Waals surface area contributed by atoms with Gasteiger partial charge >= 0.3 is 0 Å². The van der Waals surface area contributed by atoms with Gasteiger partial charge < -0.3 is 9.80 Å². The Balaban J connectivity index is 1.62. The van der Waals surface area contributed by atoms with Crippen LogP contribution in [0.1, 0.15) is 35.8 Å². The Morgan fingerprint density at radius 3 is 2.45 bits per heavy atom. The molecule has 0 bridgehead atoms. The standard InChI is InChI=1S/C23H26N4OS/c1-15-7-9-17(10-8-15)21-24-22(27-13-11-26(12-14-27)16(2)28)20-18-5-3-4-6-19(18)29-23(20)25-21/h7-10H,3-6,11-14H2,1-2H3. The van der Waals surface area contributed by atoms with Crippen LogP contribution in [0.4, 0.5) is 5.82 Å². The minimum Gasteiger partial charge on any atom is -0.352 e. The van der Waals surface area contributed by atoms with Crippen molar-refractivity contribution in [2.45, 2.75) is 39.5 Å². The number of carbonyl (C=O) groups is 1. The molecule has 2 aliphatic rings. The van der Waals surface area contributed by atoms with E-state index in [0.29, 0.717) is 0 Å². The predicted molar refractivity (Wildman–Crippen MR) is 119 cm³/mol. The second kappa shape index (κ2) is 7.41. The Morgan fingerprint density at radius 1 is 1.00 bits per heavy atom. The van der Waals surface area contributed by atoms with Crippen LogP contribution in [0, 0.1) is 6.92 Å². The van der Waals surface area contributed by atoms with Crippen LogP contribution in [0.25, 0.3) is 21.6 Å². The van der Waals surface area contributed by atoms with Crippen molar-refractivity contribution in [3.63, 3.8) is 0 Å². The van der Waals surface area contributed by atoms with Crippen molar-refractivity contribution in [1.29, 1.82) is 0 Å². The molecule has 3 aromatic rings. The van der Waals surface area contributed by atoms with E-state index in [4.69, 9.17) is 9.97 Å². The average Bonchev–Trinajstić information content (AvgIpc) is 3.12. The van der Waals surface area contributed by atoms with Gasteiger partial charge in [-0.1, -0.05) is 29.8 Å². The normalized spacial score (nSPS) is 16.9. The third kappa shape index (κ3) is 3.39. The monoisotopic (exact) mass is 406 g/mol. The van der Waals surface area contributed by atoms with E-state index in [1.807, 2.05) is 16.2 Å². The summed E-state index contributed by atoms with van der Waals surface area (Å²) in [6.45, 7) is 6.91. The number of rotatable bonds is 2. The SMILES string of the molecule is CC(=O)N1CCN(c2nc(-c3ccc(C)cc3)nc3sc4c(c23)CCCC4)CC1. The molecule has 0 atom stereocenters. The van der Waals surface area contributed by atoms with Crippen LogP contribution in [-0.4, -0.2) is 47.0 Å². The highest BCUT2D eigenvalue weighted by molar-refractivity contribution is 7.19. The lowest BCUT2D eigenvalue weighted by Gasteiger charge is -2.35. The molecule has 150 valence electrons. The quantitative estimate of drug-likeness (QED) is 0.640. The maximum Gasteiger partial charge on any atom is 0.219 e. The van der Waals surface area contributed by atoms with E-state index in [9.17, 15) is 4.79 Å². The number of nitrogens with zero attached hydrogens (tertiary/aromatic N) is 4. The number of aromatic nitrogens is 2. The first kappa shape index (κ1) is 18.6. The molecule has 1 aliphatic carbocycles. The number of benzene rings is 1. The zero-order valence-corrected chi connectivity index (χ0v) is 17.9. The van der Waals surface area contributed by atoms with Crippen molar-refractivity contribution < 1.29 is 4.79 Å². The lowest BCUT2D eigenvalue weighted by molar-refractivity contribution is -0.129. The summed E-state index contributed by atoms with van der Waals surface area (Å²) < 4.78 is 0. The molecular formula is C23H26N4OS. The second-order valence-electron chi connectivity index (χ2n) is 8.12. The lowest BCUT2D eigenvalue weighted by atomic mass is 9.96. The topological polar surface area (TPSA) is 49.3 Å². The van der Waals surface area contributed by atoms with E-state index in [-0.39, 0.29) is 5.91 Å². The number of anilines is 1. The molecule has 0 unspecified atom stereocenters. The van der Waals surface area contributed by atoms with Gasteiger partial charge in [-0.2, -0.15) is 0 Å². The Kier molecular flexibility index (Phi) is 4.74. The van der Waals surface area contributed by atoms with Crippen LogP contribution in [0.2, 0.25) is 0 Å². The molecule has 0 saturated carbocycles. The molecule has 1 aromatic carbocycles. The maximum atomic E-state index is 11.8. The summed E-state index contributed by atoms with van der Waals surface area (Å²) in [4.78, 5) is 28.7. The molecule has 1 amide bonds. The molecule has 1 aliphatic heterocycles. The number of hydrogen-bond acceptors (Lipinski definition) is 5. The fourth-order valence-electron chi connectivity index (χ4n) is 4.43. The number of thiophene rings is 1. The first-order valence-corrected chi connectivity index (χ1v) is 11.3. The van der Waals surface area contributed by atoms with E-state index < -0.39 is 0 Å². The molecule has 1 saturated heterocycles. The highest BCUT2D eigenvalue weighted by atomic mass is 32.1. The van der Waals surface area contributed by atoms with Crippen molar-refractivity contribution in [2.24, 2.45) is 0 Å². The van der Waals surface area contributed by atoms with Gasteiger partial charge in [0.2, 0.25) is 5.91 Å². The largest absolute Gasteiger partial charge is 0.352 e. The van der Waals surface area contributed by atoms with Gasteiger partial charge in [0, 0.05) is 43.5 Å². The minimum atomic E-state index is 0.158. The summed E-state index contributed by atoms with van der Waals surface area (Å²) in [6.07, 6.45) is 4.80. The number of hydrogen-bond donors (Lipinski definition) is 0. The maximum absolute atomic E-state index is 11.8. The van der Waals surface area contributed by atoms with Crippen LogP contribution in [0.15, 0.2) is 24.3 Å². The van der Waals surface area contributed by atoms with Crippen molar-refractivity contribution in [2.75, 3.05) is 31.1 Å². The molecule has 1 fully saturated rings. The molecule has 29 heavy (non-hydrogen) atoms. The van der Waals surface area contributed by atoms with E-state index in [1.165, 1.54) is 34.2 Å². The van der Waals surface area contributed by atoms with E-state index in [1.54, 1.807) is 6.92 Å². The fraction of sp³-hybridized carbons (Fsp3) is 0.435. The van der Waals surface area contributed by atoms with Gasteiger partial charge in [0.25, 0.3) is 0 Å². The smallest absolute Gasteiger partial charge is 0.219 e. The van der Waals surface area contributed by atoms with Gasteiger partial charge in [0.05, 0.1) is 5.39 Å². The van der Waals surface area contributed by atoms with Gasteiger partial charge in [-0.15, -0.1) is 11.3 Å². The Morgan fingerprint density at radius 2 is 1.72 bits per heavy atom. The van der Waals surface area contributed by atoms with Crippen molar-refractivity contribution in [3.8, 4) is 11.4 Å². The molecule has 0 spiro atoms. The summed E-state index contributed by atoms with van der Waals surface area (Å²) in [6, 6.07) is 8.46. The highest BCUT2D eigenvalue weighted by Crippen LogP contribution is 2.41. The number of carbonyl (C=O) groups excluding carboxylic acids is 1. The van der Waals surface area contributed by atoms with Gasteiger partial charge in [-0.3, -0.25) is 4.79 Å². The first-order chi connectivity index (χ1) is 14.1. The summed E-state index contributed by atoms with van der Waals surface area (Å²) in [5.41, 5.74) is 3.77. The molecule has 0 N–H and O–H groups in total. The third-order valence-electron chi connectivity index (χ3n) is 6.13. The zero-order valence-electron chi connectivity index (χ0n) is 17.1. The van der Waals surface area contributed by atoms with Crippen LogP contribution in [0.3, 0.4) is 0 Å². The highest BCUT2D eigenvalue weighted by Gasteiger charge is 2.26. The van der Waals surface area contributed by atoms with E-state index in [0.717, 1.165) is 61.1 Å². The van der Waals surface area contributed by atoms with Crippen LogP contribution < -0.4 is 4.90 Å². The summed E-state index contributed by atoms with van der Waals surface area (Å²) in [5.74, 6) is 2.03. The van der Waals surface area contributed by atoms with E-state index in [2.05, 4.69) is 36.1 Å². The van der Waals surface area contributed by atoms with Gasteiger partial charge in [0.1, 0.15) is 10.6 Å². The van der Waals surface area contributed by atoms with Crippen molar-refractivity contribution in [3.05, 3.63) is 40.3 Å². The van der Waals surface area contributed by atoms with Crippen molar-refractivity contribution in [1.82, 2.24) is 14.9 Å². The van der Waals surface area contributed by atoms with Gasteiger partial charge in [-0.05, 0) is 38.2 Å². The van der Waals surface area contributed by atoms with Gasteiger partial charge in [-0.25, -0.2) is 9.97 Å². The predicted octanol–water partition coefficient (Wildman–Crippen LogP) is 4.21. The molecule has 5 nitrogen and oxygen atoms in total. The summed E-state index contributed by atoms with van der Waals surface area (Å²) in [7, 11) is 0. The fourth-order valence-corrected chi connectivity index (χ4v) is 5.69. The summed E-state index contributed by atoms with van der Waals surface area (Å²) in [5, 5.41) is 1.26. The molecule has 0 radical (unpaired) electrons. The Labute approximate surface area is 175 Å². The zero-order chi connectivity index (χ0) is 20.0. The summed E-state index contributed by atoms with van der Waals surface area (Å²) >= 11 is 1.85. The van der Waals surface area contributed by atoms with Crippen molar-refractivity contribution >= 4 is 33.3 Å². The molecule has 2 aromatic heterocycles.